The summed E-state index contributed by atoms with van der Waals surface area (Å²) in [5.74, 6) is -3.01. The molecule has 0 aliphatic carbocycles. The number of aliphatic imine (C=N–C) groups is 1. The molecule has 2 rings (SSSR count). The minimum atomic E-state index is -3.10. The van der Waals surface area contributed by atoms with Gasteiger partial charge in [0.2, 0.25) is 5.91 Å². The van der Waals surface area contributed by atoms with Gasteiger partial charge in [-0.25, -0.2) is 15.0 Å². The van der Waals surface area contributed by atoms with Gasteiger partial charge in [-0.1, -0.05) is 25.7 Å². The summed E-state index contributed by atoms with van der Waals surface area (Å²) in [5.41, 5.74) is 1.20. The predicted octanol–water partition coefficient (Wildman–Crippen LogP) is 3.56. The van der Waals surface area contributed by atoms with Gasteiger partial charge in [-0.2, -0.15) is 8.78 Å². The minimum absolute atomic E-state index is 0.0889. The molecule has 1 saturated heterocycles. The van der Waals surface area contributed by atoms with Crippen LogP contribution in [0, 0.1) is 0 Å². The van der Waals surface area contributed by atoms with Crippen molar-refractivity contribution in [3.05, 3.63) is 54.9 Å². The van der Waals surface area contributed by atoms with Crippen molar-refractivity contribution >= 4 is 17.4 Å². The van der Waals surface area contributed by atoms with E-state index >= 15 is 0 Å². The highest BCUT2D eigenvalue weighted by atomic mass is 19.3. The number of amidine groups is 1. The predicted molar refractivity (Wildman–Crippen MR) is 114 cm³/mol. The Morgan fingerprint density at radius 1 is 1.27 bits per heavy atom. The fourth-order valence-corrected chi connectivity index (χ4v) is 2.91. The van der Waals surface area contributed by atoms with Crippen molar-refractivity contribution in [2.75, 3.05) is 31.5 Å². The second-order valence-corrected chi connectivity index (χ2v) is 6.79. The molecule has 1 aromatic heterocycles. The van der Waals surface area contributed by atoms with Gasteiger partial charge in [0.15, 0.2) is 11.7 Å². The van der Waals surface area contributed by atoms with Crippen LogP contribution in [-0.4, -0.2) is 57.7 Å². The van der Waals surface area contributed by atoms with E-state index in [1.165, 1.54) is 18.5 Å². The first kappa shape index (κ1) is 23.2. The van der Waals surface area contributed by atoms with E-state index in [1.807, 2.05) is 26.0 Å². The molecule has 1 aromatic rings. The third-order valence-electron chi connectivity index (χ3n) is 4.38. The first-order valence-electron chi connectivity index (χ1n) is 9.83. The summed E-state index contributed by atoms with van der Waals surface area (Å²) in [6.45, 7) is 10.5. The molecule has 2 heterocycles. The van der Waals surface area contributed by atoms with E-state index in [4.69, 9.17) is 0 Å². The number of carbonyl (C=O) groups is 1. The fraction of sp³-hybridized carbons (Fsp3) is 0.429. The third-order valence-corrected chi connectivity index (χ3v) is 4.38. The monoisotopic (exact) mass is 418 g/mol. The number of nitrogens with zero attached hydrogens (tertiary/aromatic N) is 5. The van der Waals surface area contributed by atoms with Gasteiger partial charge >= 0.3 is 5.92 Å². The number of hydrogen-bond acceptors (Lipinski definition) is 5. The van der Waals surface area contributed by atoms with E-state index in [0.717, 1.165) is 19.0 Å². The molecule has 0 atom stereocenters. The van der Waals surface area contributed by atoms with Gasteiger partial charge in [-0.3, -0.25) is 4.79 Å². The van der Waals surface area contributed by atoms with Gasteiger partial charge in [-0.05, 0) is 19.4 Å². The lowest BCUT2D eigenvalue weighted by Gasteiger charge is -2.36. The molecule has 0 radical (unpaired) electrons. The van der Waals surface area contributed by atoms with Crippen LogP contribution < -0.4 is 5.32 Å². The number of piperazine rings is 1. The molecule has 0 saturated carbocycles. The number of carbonyl (C=O) groups excluding carboxylic acids is 1. The maximum Gasteiger partial charge on any atom is 0.303 e. The van der Waals surface area contributed by atoms with E-state index in [1.54, 1.807) is 11.1 Å². The van der Waals surface area contributed by atoms with Crippen molar-refractivity contribution in [2.45, 2.75) is 33.1 Å². The van der Waals surface area contributed by atoms with E-state index < -0.39 is 11.7 Å². The topological polar surface area (TPSA) is 73.7 Å². The van der Waals surface area contributed by atoms with Gasteiger partial charge < -0.3 is 15.1 Å². The van der Waals surface area contributed by atoms with Crippen molar-refractivity contribution in [3.8, 4) is 0 Å². The Hall–Kier alpha value is -3.10. The van der Waals surface area contributed by atoms with Crippen LogP contribution in [0.2, 0.25) is 0 Å². The molecule has 0 spiro atoms. The molecule has 0 aromatic carbocycles. The number of anilines is 1. The number of alkyl halides is 2. The number of allylic oxidation sites excluding steroid dienone is 2. The molecular formula is C21H28F2N6O. The van der Waals surface area contributed by atoms with Crippen LogP contribution in [0.5, 0.6) is 0 Å². The smallest absolute Gasteiger partial charge is 0.303 e. The van der Waals surface area contributed by atoms with Crippen LogP contribution in [0.25, 0.3) is 0 Å². The molecule has 1 N–H and O–H groups in total. The highest BCUT2D eigenvalue weighted by molar-refractivity contribution is 6.01. The Kier molecular flexibility index (Phi) is 8.20. The molecule has 9 heteroatoms. The lowest BCUT2D eigenvalue weighted by Crippen LogP contribution is -2.51. The van der Waals surface area contributed by atoms with E-state index in [9.17, 15) is 13.6 Å². The SMILES string of the molecule is C=CC(=O)N1CCN(C(=N\C=C/C)/C(=C/CC)Nc2cnc(C(C)(F)F)nc2)CC1. The fourth-order valence-electron chi connectivity index (χ4n) is 2.91. The van der Waals surface area contributed by atoms with Gasteiger partial charge in [-0.15, -0.1) is 0 Å². The molecule has 7 nitrogen and oxygen atoms in total. The second-order valence-electron chi connectivity index (χ2n) is 6.79. The highest BCUT2D eigenvalue weighted by Crippen LogP contribution is 2.23. The summed E-state index contributed by atoms with van der Waals surface area (Å²) in [5, 5.41) is 3.20. The Morgan fingerprint density at radius 3 is 2.37 bits per heavy atom. The first-order valence-corrected chi connectivity index (χ1v) is 9.83. The lowest BCUT2D eigenvalue weighted by molar-refractivity contribution is -0.127. The summed E-state index contributed by atoms with van der Waals surface area (Å²) >= 11 is 0. The van der Waals surface area contributed by atoms with E-state index in [2.05, 4.69) is 31.8 Å². The number of halogens is 2. The first-order chi connectivity index (χ1) is 14.3. The number of nitrogens with one attached hydrogen (secondary N) is 1. The number of hydrogen-bond donors (Lipinski definition) is 1. The zero-order chi connectivity index (χ0) is 22.1. The quantitative estimate of drug-likeness (QED) is 0.416. The molecule has 0 unspecified atom stereocenters. The van der Waals surface area contributed by atoms with Crippen molar-refractivity contribution in [1.82, 2.24) is 19.8 Å². The van der Waals surface area contributed by atoms with Crippen LogP contribution in [0.4, 0.5) is 14.5 Å². The molecule has 162 valence electrons. The van der Waals surface area contributed by atoms with Gasteiger partial charge in [0.05, 0.1) is 23.8 Å². The normalized spacial score (nSPS) is 16.2. The number of rotatable bonds is 7. The molecule has 1 aliphatic heterocycles. The average Bonchev–Trinajstić information content (AvgIpc) is 2.73. The summed E-state index contributed by atoms with van der Waals surface area (Å²) in [6, 6.07) is 0. The summed E-state index contributed by atoms with van der Waals surface area (Å²) in [4.78, 5) is 27.8. The van der Waals surface area contributed by atoms with Gasteiger partial charge in [0, 0.05) is 39.3 Å². The van der Waals surface area contributed by atoms with Crippen LogP contribution >= 0.6 is 0 Å². The minimum Gasteiger partial charge on any atom is -0.351 e. The standard InChI is InChI=1S/C21H28F2N6O/c1-5-8-17(27-16-14-25-20(26-15-16)21(4,22)23)19(24-9-6-2)29-12-10-28(11-13-29)18(30)7-3/h6-9,14-15,27H,3,5,10-13H2,1-2,4H3/b9-6-,17-8-,24-19-. The zero-order valence-electron chi connectivity index (χ0n) is 17.6. The lowest BCUT2D eigenvalue weighted by atomic mass is 10.2. The van der Waals surface area contributed by atoms with Crippen LogP contribution in [0.1, 0.15) is 33.0 Å². The Labute approximate surface area is 175 Å². The summed E-state index contributed by atoms with van der Waals surface area (Å²) < 4.78 is 26.7. The maximum absolute atomic E-state index is 13.4. The molecular weight excluding hydrogens is 390 g/mol. The molecule has 30 heavy (non-hydrogen) atoms. The molecule has 1 aliphatic rings. The van der Waals surface area contributed by atoms with Crippen LogP contribution in [-0.2, 0) is 10.7 Å². The Bertz CT molecular complexity index is 819. The molecule has 0 bridgehead atoms. The molecule has 1 fully saturated rings. The van der Waals surface area contributed by atoms with E-state index in [-0.39, 0.29) is 5.91 Å². The van der Waals surface area contributed by atoms with Gasteiger partial charge in [0.25, 0.3) is 0 Å². The highest BCUT2D eigenvalue weighted by Gasteiger charge is 2.28. The number of aromatic nitrogens is 2. The van der Waals surface area contributed by atoms with Crippen molar-refractivity contribution in [2.24, 2.45) is 4.99 Å². The average molecular weight is 418 g/mol. The van der Waals surface area contributed by atoms with E-state index in [0.29, 0.717) is 37.7 Å². The van der Waals surface area contributed by atoms with Crippen molar-refractivity contribution < 1.29 is 13.6 Å². The maximum atomic E-state index is 13.4. The third kappa shape index (κ3) is 6.20. The van der Waals surface area contributed by atoms with Gasteiger partial charge in [0.1, 0.15) is 0 Å². The second kappa shape index (κ2) is 10.6. The Balaban J connectivity index is 2.23. The summed E-state index contributed by atoms with van der Waals surface area (Å²) in [7, 11) is 0. The van der Waals surface area contributed by atoms with Crippen molar-refractivity contribution in [3.63, 3.8) is 0 Å². The largest absolute Gasteiger partial charge is 0.351 e. The van der Waals surface area contributed by atoms with Crippen molar-refractivity contribution in [1.29, 1.82) is 0 Å². The zero-order valence-corrected chi connectivity index (χ0v) is 17.6. The Morgan fingerprint density at radius 2 is 1.87 bits per heavy atom. The van der Waals surface area contributed by atoms with Crippen LogP contribution in [0.15, 0.2) is 54.1 Å². The number of amides is 1. The summed E-state index contributed by atoms with van der Waals surface area (Å²) in [6.07, 6.45) is 10.2. The molecule has 1 amide bonds. The van der Waals surface area contributed by atoms with Crippen LogP contribution in [0.3, 0.4) is 0 Å².